The summed E-state index contributed by atoms with van der Waals surface area (Å²) in [6, 6.07) is 2.41. The molecule has 0 aliphatic carbocycles. The molecule has 1 unspecified atom stereocenters. The molecule has 0 amide bonds. The van der Waals surface area contributed by atoms with E-state index in [1.807, 2.05) is 14.0 Å². The predicted octanol–water partition coefficient (Wildman–Crippen LogP) is 2.02. The maximum absolute atomic E-state index is 8.45. The van der Waals surface area contributed by atoms with Crippen LogP contribution in [0.5, 0.6) is 0 Å². The van der Waals surface area contributed by atoms with Gasteiger partial charge in [0.2, 0.25) is 0 Å². The van der Waals surface area contributed by atoms with E-state index in [9.17, 15) is 0 Å². The molecule has 0 rings (SSSR count). The molecule has 0 aromatic heterocycles. The summed E-state index contributed by atoms with van der Waals surface area (Å²) in [5.41, 5.74) is 0.990. The summed E-state index contributed by atoms with van der Waals surface area (Å²) in [7, 11) is 1.97. The maximum atomic E-state index is 8.45. The summed E-state index contributed by atoms with van der Waals surface area (Å²) in [4.78, 5) is 2.08. The highest BCUT2D eigenvalue weighted by Crippen LogP contribution is 2.04. The van der Waals surface area contributed by atoms with Gasteiger partial charge in [0.25, 0.3) is 0 Å². The number of rotatable bonds is 5. The van der Waals surface area contributed by atoms with Crippen molar-refractivity contribution < 1.29 is 0 Å². The van der Waals surface area contributed by atoms with E-state index in [0.717, 1.165) is 12.1 Å². The lowest BCUT2D eigenvalue weighted by Gasteiger charge is -2.22. The minimum absolute atomic E-state index is 0.273. The minimum atomic E-state index is 0.273. The molecule has 0 aromatic carbocycles. The molecule has 0 N–H and O–H groups in total. The van der Waals surface area contributed by atoms with E-state index in [4.69, 9.17) is 16.9 Å². The fraction of sp³-hybridized carbons (Fsp3) is 0.667. The molecule has 0 bridgehead atoms. The Hall–Kier alpha value is -0.520. The second-order valence-corrected chi connectivity index (χ2v) is 3.28. The van der Waals surface area contributed by atoms with Crippen molar-refractivity contribution in [1.82, 2.24) is 4.90 Å². The third kappa shape index (κ3) is 4.38. The fourth-order valence-corrected chi connectivity index (χ4v) is 0.923. The maximum Gasteiger partial charge on any atom is 0.0638 e. The largest absolute Gasteiger partial charge is 0.299 e. The third-order valence-corrected chi connectivity index (χ3v) is 2.18. The monoisotopic (exact) mass is 186 g/mol. The first-order valence-corrected chi connectivity index (χ1v) is 4.45. The first kappa shape index (κ1) is 11.5. The van der Waals surface area contributed by atoms with Crippen LogP contribution in [0.3, 0.4) is 0 Å². The van der Waals surface area contributed by atoms with Crippen LogP contribution in [0.1, 0.15) is 13.3 Å². The Morgan fingerprint density at radius 3 is 2.75 bits per heavy atom. The van der Waals surface area contributed by atoms with Crippen molar-refractivity contribution in [2.75, 3.05) is 19.5 Å². The average molecular weight is 187 g/mol. The number of nitrogens with zero attached hydrogens (tertiary/aromatic N) is 2. The zero-order chi connectivity index (χ0) is 9.56. The van der Waals surface area contributed by atoms with E-state index >= 15 is 0 Å². The smallest absolute Gasteiger partial charge is 0.0638 e. The highest BCUT2D eigenvalue weighted by molar-refractivity contribution is 6.19. The van der Waals surface area contributed by atoms with Crippen LogP contribution in [0.25, 0.3) is 0 Å². The quantitative estimate of drug-likeness (QED) is 0.485. The first-order chi connectivity index (χ1) is 5.61. The molecule has 0 aliphatic rings. The summed E-state index contributed by atoms with van der Waals surface area (Å²) in [5, 5.41) is 8.45. The summed E-state index contributed by atoms with van der Waals surface area (Å²) < 4.78 is 0. The highest BCUT2D eigenvalue weighted by Gasteiger charge is 2.08. The second kappa shape index (κ2) is 6.05. The number of hydrogen-bond donors (Lipinski definition) is 0. The lowest BCUT2D eigenvalue weighted by molar-refractivity contribution is 0.282. The van der Waals surface area contributed by atoms with Gasteiger partial charge in [0, 0.05) is 18.5 Å². The van der Waals surface area contributed by atoms with Gasteiger partial charge >= 0.3 is 0 Å². The van der Waals surface area contributed by atoms with Gasteiger partial charge in [-0.2, -0.15) is 5.26 Å². The predicted molar refractivity (Wildman–Crippen MR) is 52.2 cm³/mol. The molecule has 12 heavy (non-hydrogen) atoms. The van der Waals surface area contributed by atoms with Gasteiger partial charge in [0.15, 0.2) is 0 Å². The Bertz CT molecular complexity index is 183. The normalized spacial score (nSPS) is 12.6. The molecule has 0 aliphatic heterocycles. The van der Waals surface area contributed by atoms with Crippen molar-refractivity contribution >= 4 is 11.6 Å². The molecule has 0 aromatic rings. The number of halogens is 1. The molecule has 0 saturated heterocycles. The Labute approximate surface area is 79.4 Å². The molecular weight excluding hydrogens is 172 g/mol. The van der Waals surface area contributed by atoms with Gasteiger partial charge in [0.05, 0.1) is 12.5 Å². The topological polar surface area (TPSA) is 27.0 Å². The summed E-state index contributed by atoms with van der Waals surface area (Å²) >= 11 is 5.59. The first-order valence-electron chi connectivity index (χ1n) is 3.91. The van der Waals surface area contributed by atoms with E-state index in [-0.39, 0.29) is 6.04 Å². The molecule has 3 heteroatoms. The van der Waals surface area contributed by atoms with Crippen LogP contribution in [0.15, 0.2) is 12.2 Å². The lowest BCUT2D eigenvalue weighted by atomic mass is 10.2. The number of likely N-dealkylation sites (N-methyl/N-ethyl adjacent to an activating group) is 1. The lowest BCUT2D eigenvalue weighted by Crippen LogP contribution is -2.30. The molecule has 0 spiro atoms. The third-order valence-electron chi connectivity index (χ3n) is 1.80. The molecular formula is C9H15ClN2. The van der Waals surface area contributed by atoms with Crippen molar-refractivity contribution in [2.24, 2.45) is 0 Å². The zero-order valence-electron chi connectivity index (χ0n) is 7.68. The highest BCUT2D eigenvalue weighted by atomic mass is 35.5. The number of alkyl halides is 1. The van der Waals surface area contributed by atoms with E-state index in [2.05, 4.69) is 17.5 Å². The van der Waals surface area contributed by atoms with Gasteiger partial charge in [-0.3, -0.25) is 4.90 Å². The van der Waals surface area contributed by atoms with Crippen molar-refractivity contribution in [3.8, 4) is 6.07 Å². The van der Waals surface area contributed by atoms with E-state index in [0.29, 0.717) is 12.3 Å². The van der Waals surface area contributed by atoms with Crippen molar-refractivity contribution in [3.63, 3.8) is 0 Å². The van der Waals surface area contributed by atoms with Gasteiger partial charge in [0.1, 0.15) is 0 Å². The minimum Gasteiger partial charge on any atom is -0.299 e. The van der Waals surface area contributed by atoms with E-state index in [1.165, 1.54) is 0 Å². The van der Waals surface area contributed by atoms with Crippen LogP contribution in [0.2, 0.25) is 0 Å². The Balaban J connectivity index is 3.79. The fourth-order valence-electron chi connectivity index (χ4n) is 0.839. The standard InChI is InChI=1S/C9H15ClN2/c1-8(6-10)7-12(3)9(2)4-5-11/h9H,1,4,6-7H2,2-3H3. The van der Waals surface area contributed by atoms with Crippen LogP contribution in [-0.2, 0) is 0 Å². The number of nitriles is 1. The molecule has 0 fully saturated rings. The SMILES string of the molecule is C=C(CCl)CN(C)C(C)CC#N. The molecule has 2 nitrogen and oxygen atoms in total. The molecule has 0 saturated carbocycles. The average Bonchev–Trinajstić information content (AvgIpc) is 2.04. The van der Waals surface area contributed by atoms with Crippen LogP contribution >= 0.6 is 11.6 Å². The molecule has 68 valence electrons. The Kier molecular flexibility index (Phi) is 5.79. The summed E-state index contributed by atoms with van der Waals surface area (Å²) in [5.74, 6) is 0.490. The van der Waals surface area contributed by atoms with Crippen LogP contribution < -0.4 is 0 Å². The van der Waals surface area contributed by atoms with Crippen LogP contribution in [0.4, 0.5) is 0 Å². The van der Waals surface area contributed by atoms with Gasteiger partial charge in [-0.15, -0.1) is 11.6 Å². The number of hydrogen-bond acceptors (Lipinski definition) is 2. The van der Waals surface area contributed by atoms with E-state index in [1.54, 1.807) is 0 Å². The van der Waals surface area contributed by atoms with Gasteiger partial charge in [-0.1, -0.05) is 6.58 Å². The van der Waals surface area contributed by atoms with E-state index < -0.39 is 0 Å². The summed E-state index contributed by atoms with van der Waals surface area (Å²) in [6.07, 6.45) is 0.548. The Morgan fingerprint density at radius 2 is 2.33 bits per heavy atom. The van der Waals surface area contributed by atoms with Crippen molar-refractivity contribution in [2.45, 2.75) is 19.4 Å². The van der Waals surface area contributed by atoms with Crippen molar-refractivity contribution in [1.29, 1.82) is 5.26 Å². The van der Waals surface area contributed by atoms with Gasteiger partial charge in [-0.25, -0.2) is 0 Å². The van der Waals surface area contributed by atoms with Crippen LogP contribution in [0, 0.1) is 11.3 Å². The Morgan fingerprint density at radius 1 is 1.75 bits per heavy atom. The van der Waals surface area contributed by atoms with Gasteiger partial charge < -0.3 is 0 Å². The van der Waals surface area contributed by atoms with Crippen LogP contribution in [-0.4, -0.2) is 30.4 Å². The molecule has 1 atom stereocenters. The second-order valence-electron chi connectivity index (χ2n) is 3.01. The van der Waals surface area contributed by atoms with Crippen molar-refractivity contribution in [3.05, 3.63) is 12.2 Å². The van der Waals surface area contributed by atoms with Gasteiger partial charge in [-0.05, 0) is 19.5 Å². The zero-order valence-corrected chi connectivity index (χ0v) is 8.43. The molecule has 0 heterocycles. The summed E-state index contributed by atoms with van der Waals surface area (Å²) in [6.45, 7) is 6.59. The molecule has 0 radical (unpaired) electrons.